The first-order chi connectivity index (χ1) is 16.4. The zero-order chi connectivity index (χ0) is 23.8. The number of hydrogen-bond donors (Lipinski definition) is 1. The van der Waals surface area contributed by atoms with Crippen molar-refractivity contribution in [3.63, 3.8) is 0 Å². The molecule has 34 heavy (non-hydrogen) atoms. The van der Waals surface area contributed by atoms with Crippen LogP contribution in [-0.4, -0.2) is 48.9 Å². The molecule has 2 aromatic heterocycles. The maximum absolute atomic E-state index is 13.1. The second kappa shape index (κ2) is 8.85. The number of likely N-dealkylation sites (tertiary alicyclic amines) is 1. The van der Waals surface area contributed by atoms with Crippen molar-refractivity contribution in [2.75, 3.05) is 13.1 Å². The highest BCUT2D eigenvalue weighted by molar-refractivity contribution is 5.94. The standard InChI is InChI=1S/C26H28N6O2/c1-16-6-4-7-19(12-16)26(34)31-11-5-8-20(14-31)23-27-24-22(25(33)28-23)29-30-32(24)15-21-13-17(2)9-10-18(21)3/h4,6-7,9-10,12-13,20H,5,8,11,14-15H2,1-3H3,(H,27,28,33)/t20-/m1/s1. The van der Waals surface area contributed by atoms with Crippen LogP contribution in [0.25, 0.3) is 11.2 Å². The monoisotopic (exact) mass is 456 g/mol. The van der Waals surface area contributed by atoms with Gasteiger partial charge in [0.15, 0.2) is 11.2 Å². The number of nitrogens with zero attached hydrogens (tertiary/aromatic N) is 5. The maximum Gasteiger partial charge on any atom is 0.281 e. The van der Waals surface area contributed by atoms with Crippen molar-refractivity contribution in [1.82, 2.24) is 29.9 Å². The lowest BCUT2D eigenvalue weighted by atomic mass is 9.96. The number of piperidine rings is 1. The number of aryl methyl sites for hydroxylation is 3. The number of carbonyl (C=O) groups is 1. The SMILES string of the molecule is Cc1cccc(C(=O)N2CCC[C@@H](c3nc4c(nnn4Cc4cc(C)ccc4C)c(=O)[nH]3)C2)c1. The summed E-state index contributed by atoms with van der Waals surface area (Å²) in [5.41, 5.74) is 5.58. The van der Waals surface area contributed by atoms with Crippen LogP contribution in [0.5, 0.6) is 0 Å². The third-order valence-corrected chi connectivity index (χ3v) is 6.58. The van der Waals surface area contributed by atoms with E-state index < -0.39 is 0 Å². The molecule has 1 fully saturated rings. The van der Waals surface area contributed by atoms with E-state index in [0.717, 1.165) is 35.1 Å². The lowest BCUT2D eigenvalue weighted by Crippen LogP contribution is -2.40. The van der Waals surface area contributed by atoms with Crippen molar-refractivity contribution in [3.8, 4) is 0 Å². The minimum atomic E-state index is -0.297. The quantitative estimate of drug-likeness (QED) is 0.507. The molecule has 1 saturated heterocycles. The average Bonchev–Trinajstić information content (AvgIpc) is 3.24. The minimum absolute atomic E-state index is 0.0125. The summed E-state index contributed by atoms with van der Waals surface area (Å²) in [6, 6.07) is 13.9. The second-order valence-corrected chi connectivity index (χ2v) is 9.26. The highest BCUT2D eigenvalue weighted by Crippen LogP contribution is 2.26. The van der Waals surface area contributed by atoms with Gasteiger partial charge in [-0.1, -0.05) is 46.7 Å². The number of aromatic amines is 1. The molecule has 0 aliphatic carbocycles. The molecule has 1 aliphatic heterocycles. The first-order valence-corrected chi connectivity index (χ1v) is 11.6. The number of fused-ring (bicyclic) bond motifs is 1. The van der Waals surface area contributed by atoms with Gasteiger partial charge in [0, 0.05) is 24.6 Å². The van der Waals surface area contributed by atoms with Gasteiger partial charge in [-0.05, 0) is 56.9 Å². The number of amides is 1. The Labute approximate surface area is 197 Å². The van der Waals surface area contributed by atoms with Gasteiger partial charge in [-0.15, -0.1) is 5.10 Å². The van der Waals surface area contributed by atoms with Crippen LogP contribution in [0, 0.1) is 20.8 Å². The van der Waals surface area contributed by atoms with Crippen molar-refractivity contribution in [1.29, 1.82) is 0 Å². The van der Waals surface area contributed by atoms with Crippen molar-refractivity contribution in [2.45, 2.75) is 46.1 Å². The molecule has 0 spiro atoms. The van der Waals surface area contributed by atoms with Crippen molar-refractivity contribution < 1.29 is 4.79 Å². The van der Waals surface area contributed by atoms with Crippen molar-refractivity contribution in [2.24, 2.45) is 0 Å². The van der Waals surface area contributed by atoms with Gasteiger partial charge >= 0.3 is 0 Å². The smallest absolute Gasteiger partial charge is 0.281 e. The molecule has 0 radical (unpaired) electrons. The zero-order valence-electron chi connectivity index (χ0n) is 19.7. The molecular weight excluding hydrogens is 428 g/mol. The van der Waals surface area contributed by atoms with E-state index in [1.165, 1.54) is 0 Å². The molecule has 2 aromatic carbocycles. The molecule has 0 bridgehead atoms. The van der Waals surface area contributed by atoms with Crippen LogP contribution in [0.3, 0.4) is 0 Å². The Bertz CT molecular complexity index is 1440. The topological polar surface area (TPSA) is 96.8 Å². The molecule has 1 atom stereocenters. The van der Waals surface area contributed by atoms with Crippen LogP contribution in [0.15, 0.2) is 47.3 Å². The normalized spacial score (nSPS) is 16.2. The van der Waals surface area contributed by atoms with Gasteiger partial charge in [-0.2, -0.15) is 0 Å². The second-order valence-electron chi connectivity index (χ2n) is 9.26. The number of rotatable bonds is 4. The Balaban J connectivity index is 1.44. The van der Waals surface area contributed by atoms with Gasteiger partial charge < -0.3 is 9.88 Å². The predicted molar refractivity (Wildman–Crippen MR) is 130 cm³/mol. The summed E-state index contributed by atoms with van der Waals surface area (Å²) >= 11 is 0. The summed E-state index contributed by atoms with van der Waals surface area (Å²) in [5.74, 6) is 0.547. The van der Waals surface area contributed by atoms with E-state index >= 15 is 0 Å². The van der Waals surface area contributed by atoms with Gasteiger partial charge in [0.05, 0.1) is 6.54 Å². The van der Waals surface area contributed by atoms with Crippen LogP contribution in [0.4, 0.5) is 0 Å². The lowest BCUT2D eigenvalue weighted by Gasteiger charge is -2.32. The molecule has 3 heterocycles. The molecule has 4 aromatic rings. The number of carbonyl (C=O) groups excluding carboxylic acids is 1. The number of nitrogens with one attached hydrogen (secondary N) is 1. The fourth-order valence-corrected chi connectivity index (χ4v) is 4.66. The van der Waals surface area contributed by atoms with Crippen LogP contribution in [0.2, 0.25) is 0 Å². The van der Waals surface area contributed by atoms with E-state index in [0.29, 0.717) is 36.7 Å². The minimum Gasteiger partial charge on any atom is -0.338 e. The molecule has 5 rings (SSSR count). The predicted octanol–water partition coefficient (Wildman–Crippen LogP) is 3.51. The highest BCUT2D eigenvalue weighted by Gasteiger charge is 2.28. The molecule has 1 amide bonds. The van der Waals surface area contributed by atoms with Crippen LogP contribution in [0.1, 0.15) is 57.2 Å². The molecule has 1 N–H and O–H groups in total. The zero-order valence-corrected chi connectivity index (χ0v) is 19.7. The molecule has 8 nitrogen and oxygen atoms in total. The van der Waals surface area contributed by atoms with E-state index in [1.807, 2.05) is 36.1 Å². The van der Waals surface area contributed by atoms with Crippen LogP contribution in [-0.2, 0) is 6.54 Å². The third-order valence-electron chi connectivity index (χ3n) is 6.58. The average molecular weight is 457 g/mol. The van der Waals surface area contributed by atoms with E-state index in [9.17, 15) is 9.59 Å². The molecular formula is C26H28N6O2. The summed E-state index contributed by atoms with van der Waals surface area (Å²) in [6.07, 6.45) is 1.70. The van der Waals surface area contributed by atoms with E-state index in [-0.39, 0.29) is 22.9 Å². The van der Waals surface area contributed by atoms with Gasteiger partial charge in [0.2, 0.25) is 0 Å². The summed E-state index contributed by atoms with van der Waals surface area (Å²) < 4.78 is 1.69. The van der Waals surface area contributed by atoms with Gasteiger partial charge in [0.1, 0.15) is 5.82 Å². The summed E-state index contributed by atoms with van der Waals surface area (Å²) in [4.78, 5) is 35.5. The van der Waals surface area contributed by atoms with Gasteiger partial charge in [0.25, 0.3) is 11.5 Å². The molecule has 1 aliphatic rings. The molecule has 8 heteroatoms. The lowest BCUT2D eigenvalue weighted by molar-refractivity contribution is 0.0704. The summed E-state index contributed by atoms with van der Waals surface area (Å²) in [5, 5.41) is 8.31. The Morgan fingerprint density at radius 1 is 1.12 bits per heavy atom. The first kappa shape index (κ1) is 22.0. The largest absolute Gasteiger partial charge is 0.338 e. The maximum atomic E-state index is 13.1. The van der Waals surface area contributed by atoms with Gasteiger partial charge in [-0.25, -0.2) is 9.67 Å². The number of aromatic nitrogens is 5. The summed E-state index contributed by atoms with van der Waals surface area (Å²) in [7, 11) is 0. The Hall–Kier alpha value is -3.81. The van der Waals surface area contributed by atoms with E-state index in [1.54, 1.807) is 4.68 Å². The molecule has 174 valence electrons. The fraction of sp³-hybridized carbons (Fsp3) is 0.346. The Morgan fingerprint density at radius 2 is 1.94 bits per heavy atom. The number of benzene rings is 2. The third kappa shape index (κ3) is 4.23. The van der Waals surface area contributed by atoms with E-state index in [2.05, 4.69) is 47.3 Å². The van der Waals surface area contributed by atoms with E-state index in [4.69, 9.17) is 4.98 Å². The number of H-pyrrole nitrogens is 1. The number of hydrogen-bond acceptors (Lipinski definition) is 5. The molecule has 0 saturated carbocycles. The Morgan fingerprint density at radius 3 is 2.76 bits per heavy atom. The van der Waals surface area contributed by atoms with Crippen LogP contribution >= 0.6 is 0 Å². The van der Waals surface area contributed by atoms with Crippen LogP contribution < -0.4 is 5.56 Å². The first-order valence-electron chi connectivity index (χ1n) is 11.6. The van der Waals surface area contributed by atoms with Crippen molar-refractivity contribution >= 4 is 17.1 Å². The highest BCUT2D eigenvalue weighted by atomic mass is 16.2. The van der Waals surface area contributed by atoms with Crippen molar-refractivity contribution in [3.05, 3.63) is 86.5 Å². The fourth-order valence-electron chi connectivity index (χ4n) is 4.66. The van der Waals surface area contributed by atoms with Gasteiger partial charge in [-0.3, -0.25) is 9.59 Å². The summed E-state index contributed by atoms with van der Waals surface area (Å²) in [6.45, 7) is 7.79. The Kier molecular flexibility index (Phi) is 5.73. The molecule has 0 unspecified atom stereocenters.